The minimum atomic E-state index is -0.744. The normalized spacial score (nSPS) is 15.5. The molecule has 0 spiro atoms. The van der Waals surface area contributed by atoms with Crippen LogP contribution in [0.25, 0.3) is 0 Å². The summed E-state index contributed by atoms with van der Waals surface area (Å²) in [5, 5.41) is 3.15. The predicted molar refractivity (Wildman–Crippen MR) is 107 cm³/mol. The molecule has 0 bridgehead atoms. The lowest BCUT2D eigenvalue weighted by molar-refractivity contribution is -0.119. The van der Waals surface area contributed by atoms with Crippen molar-refractivity contribution in [3.05, 3.63) is 40.3 Å². The first-order chi connectivity index (χ1) is 13.8. The molecular weight excluding hydrogens is 394 g/mol. The number of fused-ring (bicyclic) bond motifs is 1. The molecule has 1 N–H and O–H groups in total. The highest BCUT2D eigenvalue weighted by molar-refractivity contribution is 7.17. The number of nitrogens with one attached hydrogen (secondary N) is 1. The van der Waals surface area contributed by atoms with Crippen LogP contribution in [-0.2, 0) is 27.1 Å². The van der Waals surface area contributed by atoms with E-state index in [1.54, 1.807) is 13.8 Å². The van der Waals surface area contributed by atoms with Crippen LogP contribution in [-0.4, -0.2) is 40.5 Å². The molecule has 154 valence electrons. The summed E-state index contributed by atoms with van der Waals surface area (Å²) in [5.41, 5.74) is 1.38. The van der Waals surface area contributed by atoms with Gasteiger partial charge in [0.15, 0.2) is 12.3 Å². The van der Waals surface area contributed by atoms with Crippen molar-refractivity contribution in [1.82, 2.24) is 9.97 Å². The average molecular weight is 417 g/mol. The van der Waals surface area contributed by atoms with E-state index in [1.165, 1.54) is 29.9 Å². The number of aromatic nitrogens is 2. The van der Waals surface area contributed by atoms with E-state index in [2.05, 4.69) is 22.2 Å². The molecule has 1 aliphatic carbocycles. The fourth-order valence-corrected chi connectivity index (χ4v) is 4.52. The fraction of sp³-hybridized carbons (Fsp3) is 0.450. The molecule has 2 aromatic rings. The third kappa shape index (κ3) is 5.17. The molecule has 0 unspecified atom stereocenters. The van der Waals surface area contributed by atoms with Crippen molar-refractivity contribution in [1.29, 1.82) is 0 Å². The molecular formula is C20H23N3O5S. The summed E-state index contributed by atoms with van der Waals surface area (Å²) in [6, 6.07) is 0. The second-order valence-corrected chi connectivity index (χ2v) is 8.33. The number of hydrogen-bond acceptors (Lipinski definition) is 8. The summed E-state index contributed by atoms with van der Waals surface area (Å²) >= 11 is 1.38. The van der Waals surface area contributed by atoms with Crippen LogP contribution in [0.1, 0.15) is 58.5 Å². The summed E-state index contributed by atoms with van der Waals surface area (Å²) in [4.78, 5) is 45.6. The molecule has 0 saturated carbocycles. The second-order valence-electron chi connectivity index (χ2n) is 7.22. The average Bonchev–Trinajstić information content (AvgIpc) is 3.03. The summed E-state index contributed by atoms with van der Waals surface area (Å²) in [6.45, 7) is 5.23. The number of nitrogens with zero attached hydrogens (tertiary/aromatic N) is 2. The van der Waals surface area contributed by atoms with Gasteiger partial charge in [-0.05, 0) is 44.6 Å². The molecule has 29 heavy (non-hydrogen) atoms. The maximum Gasteiger partial charge on any atom is 0.359 e. The van der Waals surface area contributed by atoms with Crippen molar-refractivity contribution in [3.8, 4) is 0 Å². The van der Waals surface area contributed by atoms with Gasteiger partial charge in [-0.1, -0.05) is 6.92 Å². The van der Waals surface area contributed by atoms with Gasteiger partial charge in [0.1, 0.15) is 5.00 Å². The maximum atomic E-state index is 12.7. The van der Waals surface area contributed by atoms with Gasteiger partial charge in [-0.15, -0.1) is 11.3 Å². The Kier molecular flexibility index (Phi) is 6.58. The van der Waals surface area contributed by atoms with E-state index in [-0.39, 0.29) is 11.8 Å². The smallest absolute Gasteiger partial charge is 0.359 e. The van der Waals surface area contributed by atoms with E-state index < -0.39 is 24.5 Å². The Labute approximate surface area is 172 Å². The molecule has 0 radical (unpaired) electrons. The van der Waals surface area contributed by atoms with E-state index in [4.69, 9.17) is 9.47 Å². The van der Waals surface area contributed by atoms with Gasteiger partial charge in [-0.2, -0.15) is 0 Å². The van der Waals surface area contributed by atoms with E-state index in [9.17, 15) is 14.4 Å². The lowest BCUT2D eigenvalue weighted by atomic mass is 9.88. The molecule has 3 rings (SSSR count). The van der Waals surface area contributed by atoms with Crippen molar-refractivity contribution in [2.24, 2.45) is 5.92 Å². The lowest BCUT2D eigenvalue weighted by Crippen LogP contribution is -2.23. The number of carbonyl (C=O) groups is 3. The van der Waals surface area contributed by atoms with Crippen molar-refractivity contribution in [2.45, 2.75) is 46.1 Å². The fourth-order valence-electron chi connectivity index (χ4n) is 3.10. The standard InChI is InChI=1S/C20H23N3O5S/c1-11(2)28-20(26)17-13-5-4-12(3)8-15(13)29-18(17)23-16(24)10-27-19(25)14-9-21-6-7-22-14/h6-7,9,11-12H,4-5,8,10H2,1-3H3,(H,23,24)/t12-/m0/s1. The highest BCUT2D eigenvalue weighted by Crippen LogP contribution is 2.40. The van der Waals surface area contributed by atoms with Crippen molar-refractivity contribution >= 4 is 34.2 Å². The number of hydrogen-bond donors (Lipinski definition) is 1. The first-order valence-electron chi connectivity index (χ1n) is 9.43. The second kappa shape index (κ2) is 9.13. The maximum absolute atomic E-state index is 12.7. The number of anilines is 1. The summed E-state index contributed by atoms with van der Waals surface area (Å²) in [6.07, 6.45) is 6.40. The SMILES string of the molecule is CC(C)OC(=O)c1c(NC(=O)COC(=O)c2cnccn2)sc2c1CC[C@H](C)C2. The van der Waals surface area contributed by atoms with Crippen LogP contribution in [0.15, 0.2) is 18.6 Å². The van der Waals surface area contributed by atoms with Gasteiger partial charge >= 0.3 is 11.9 Å². The van der Waals surface area contributed by atoms with E-state index >= 15 is 0 Å². The molecule has 1 amide bonds. The summed E-state index contributed by atoms with van der Waals surface area (Å²) in [7, 11) is 0. The molecule has 0 aromatic carbocycles. The molecule has 1 aliphatic rings. The van der Waals surface area contributed by atoms with Gasteiger partial charge in [0, 0.05) is 17.3 Å². The van der Waals surface area contributed by atoms with Gasteiger partial charge in [-0.3, -0.25) is 9.78 Å². The third-order valence-electron chi connectivity index (χ3n) is 4.42. The van der Waals surface area contributed by atoms with Crippen LogP contribution in [0.5, 0.6) is 0 Å². The number of esters is 2. The number of rotatable bonds is 6. The Morgan fingerprint density at radius 3 is 2.76 bits per heavy atom. The first kappa shape index (κ1) is 20.9. The first-order valence-corrected chi connectivity index (χ1v) is 10.2. The third-order valence-corrected chi connectivity index (χ3v) is 5.59. The zero-order valence-electron chi connectivity index (χ0n) is 16.6. The monoisotopic (exact) mass is 417 g/mol. The quantitative estimate of drug-likeness (QED) is 0.720. The Hall–Kier alpha value is -2.81. The van der Waals surface area contributed by atoms with Crippen LogP contribution in [0.4, 0.5) is 5.00 Å². The van der Waals surface area contributed by atoms with Gasteiger partial charge in [-0.25, -0.2) is 14.6 Å². The Balaban J connectivity index is 1.73. The van der Waals surface area contributed by atoms with Crippen LogP contribution in [0.2, 0.25) is 0 Å². The highest BCUT2D eigenvalue weighted by Gasteiger charge is 2.29. The van der Waals surface area contributed by atoms with Gasteiger partial charge < -0.3 is 14.8 Å². The Morgan fingerprint density at radius 2 is 2.07 bits per heavy atom. The lowest BCUT2D eigenvalue weighted by Gasteiger charge is -2.18. The zero-order chi connectivity index (χ0) is 21.0. The van der Waals surface area contributed by atoms with Crippen LogP contribution in [0.3, 0.4) is 0 Å². The van der Waals surface area contributed by atoms with Crippen LogP contribution >= 0.6 is 11.3 Å². The molecule has 9 heteroatoms. The minimum absolute atomic E-state index is 0.0158. The van der Waals surface area contributed by atoms with E-state index in [1.807, 2.05) is 0 Å². The summed E-state index contributed by atoms with van der Waals surface area (Å²) < 4.78 is 10.4. The molecule has 0 aliphatic heterocycles. The van der Waals surface area contributed by atoms with Crippen molar-refractivity contribution in [3.63, 3.8) is 0 Å². The summed E-state index contributed by atoms with van der Waals surface area (Å²) in [5.74, 6) is -1.20. The topological polar surface area (TPSA) is 107 Å². The number of ether oxygens (including phenoxy) is 2. The highest BCUT2D eigenvalue weighted by atomic mass is 32.1. The molecule has 2 aromatic heterocycles. The largest absolute Gasteiger partial charge is 0.459 e. The zero-order valence-corrected chi connectivity index (χ0v) is 17.4. The molecule has 1 atom stereocenters. The number of thiophene rings is 1. The molecule has 0 saturated heterocycles. The van der Waals surface area contributed by atoms with Crippen molar-refractivity contribution < 1.29 is 23.9 Å². The van der Waals surface area contributed by atoms with Crippen LogP contribution < -0.4 is 5.32 Å². The number of carbonyl (C=O) groups excluding carboxylic acids is 3. The van der Waals surface area contributed by atoms with E-state index in [0.717, 1.165) is 29.7 Å². The Morgan fingerprint density at radius 1 is 1.28 bits per heavy atom. The molecule has 8 nitrogen and oxygen atoms in total. The van der Waals surface area contributed by atoms with Gasteiger partial charge in [0.2, 0.25) is 0 Å². The number of amides is 1. The molecule has 0 fully saturated rings. The minimum Gasteiger partial charge on any atom is -0.459 e. The Bertz CT molecular complexity index is 910. The van der Waals surface area contributed by atoms with Gasteiger partial charge in [0.05, 0.1) is 17.9 Å². The molecule has 2 heterocycles. The van der Waals surface area contributed by atoms with E-state index in [0.29, 0.717) is 16.5 Å². The van der Waals surface area contributed by atoms with Gasteiger partial charge in [0.25, 0.3) is 5.91 Å². The van der Waals surface area contributed by atoms with Crippen molar-refractivity contribution in [2.75, 3.05) is 11.9 Å². The van der Waals surface area contributed by atoms with Crippen LogP contribution in [0, 0.1) is 5.92 Å². The predicted octanol–water partition coefficient (Wildman–Crippen LogP) is 3.02.